The van der Waals surface area contributed by atoms with Gasteiger partial charge < -0.3 is 10.1 Å². The van der Waals surface area contributed by atoms with E-state index in [-0.39, 0.29) is 11.7 Å². The van der Waals surface area contributed by atoms with E-state index in [1.54, 1.807) is 36.4 Å². The number of hydrogen-bond acceptors (Lipinski definition) is 3. The smallest absolute Gasteiger partial charge is 0.337 e. The highest BCUT2D eigenvalue weighted by atomic mass is 19.1. The number of benzene rings is 2. The lowest BCUT2D eigenvalue weighted by atomic mass is 10.0. The zero-order chi connectivity index (χ0) is 15.7. The van der Waals surface area contributed by atoms with E-state index >= 15 is 0 Å². The van der Waals surface area contributed by atoms with Gasteiger partial charge in [-0.15, -0.1) is 0 Å². The van der Waals surface area contributed by atoms with Crippen LogP contribution in [0.15, 0.2) is 42.5 Å². The fraction of sp³-hybridized carbons (Fsp3) is 0.0588. The molecule has 2 aromatic carbocycles. The molecular weight excluding hydrogens is 285 g/mol. The number of carbonyl (C=O) groups excluding carboxylic acids is 2. The number of esters is 1. The highest BCUT2D eigenvalue weighted by molar-refractivity contribution is 6.35. The van der Waals surface area contributed by atoms with Gasteiger partial charge in [0.05, 0.1) is 12.7 Å². The Kier molecular flexibility index (Phi) is 3.47. The third-order valence-electron chi connectivity index (χ3n) is 3.40. The molecule has 0 radical (unpaired) electrons. The lowest BCUT2D eigenvalue weighted by Crippen LogP contribution is -2.03. The van der Waals surface area contributed by atoms with Gasteiger partial charge in [-0.1, -0.05) is 12.1 Å². The van der Waals surface area contributed by atoms with Gasteiger partial charge in [-0.3, -0.25) is 4.79 Å². The van der Waals surface area contributed by atoms with Crippen LogP contribution >= 0.6 is 0 Å². The van der Waals surface area contributed by atoms with Crippen molar-refractivity contribution in [2.75, 3.05) is 12.4 Å². The summed E-state index contributed by atoms with van der Waals surface area (Å²) in [6, 6.07) is 10.7. The molecule has 0 atom stereocenters. The molecule has 1 aliphatic heterocycles. The number of methoxy groups -OCH3 is 1. The van der Waals surface area contributed by atoms with Gasteiger partial charge in [0.2, 0.25) is 0 Å². The van der Waals surface area contributed by atoms with Crippen LogP contribution in [-0.4, -0.2) is 19.0 Å². The normalized spacial score (nSPS) is 14.6. The molecule has 0 saturated heterocycles. The molecule has 1 N–H and O–H groups in total. The SMILES string of the molecule is COC(=O)c1ccc2c(c1)/C(=C/c1ccc(F)cc1)C(=O)N2. The first-order valence-corrected chi connectivity index (χ1v) is 6.60. The molecule has 110 valence electrons. The van der Waals surface area contributed by atoms with Crippen molar-refractivity contribution in [2.24, 2.45) is 0 Å². The minimum atomic E-state index is -0.469. The zero-order valence-corrected chi connectivity index (χ0v) is 11.7. The Morgan fingerprint density at radius 2 is 1.91 bits per heavy atom. The van der Waals surface area contributed by atoms with Crippen LogP contribution in [0.1, 0.15) is 21.5 Å². The van der Waals surface area contributed by atoms with E-state index in [1.165, 1.54) is 19.2 Å². The molecule has 0 bridgehead atoms. The number of halogens is 1. The summed E-state index contributed by atoms with van der Waals surface area (Å²) in [5.74, 6) is -1.07. The highest BCUT2D eigenvalue weighted by Crippen LogP contribution is 2.34. The first-order chi connectivity index (χ1) is 10.6. The Bertz CT molecular complexity index is 794. The van der Waals surface area contributed by atoms with Gasteiger partial charge in [-0.25, -0.2) is 9.18 Å². The van der Waals surface area contributed by atoms with Crippen molar-refractivity contribution in [2.45, 2.75) is 0 Å². The number of carbonyl (C=O) groups is 2. The molecule has 0 fully saturated rings. The molecule has 2 aromatic rings. The van der Waals surface area contributed by atoms with Crippen molar-refractivity contribution in [3.8, 4) is 0 Å². The highest BCUT2D eigenvalue weighted by Gasteiger charge is 2.25. The van der Waals surface area contributed by atoms with Crippen LogP contribution in [-0.2, 0) is 9.53 Å². The van der Waals surface area contributed by atoms with E-state index < -0.39 is 5.97 Å². The Morgan fingerprint density at radius 3 is 2.59 bits per heavy atom. The number of fused-ring (bicyclic) bond motifs is 1. The van der Waals surface area contributed by atoms with Crippen LogP contribution in [0.4, 0.5) is 10.1 Å². The summed E-state index contributed by atoms with van der Waals surface area (Å²) in [5.41, 5.74) is 2.74. The van der Waals surface area contributed by atoms with Gasteiger partial charge in [0.25, 0.3) is 5.91 Å². The molecule has 5 heteroatoms. The number of anilines is 1. The van der Waals surface area contributed by atoms with Gasteiger partial charge in [0.1, 0.15) is 5.82 Å². The largest absolute Gasteiger partial charge is 0.465 e. The summed E-state index contributed by atoms with van der Waals surface area (Å²) in [4.78, 5) is 23.7. The van der Waals surface area contributed by atoms with Crippen LogP contribution in [0, 0.1) is 5.82 Å². The summed E-state index contributed by atoms with van der Waals surface area (Å²) >= 11 is 0. The van der Waals surface area contributed by atoms with Gasteiger partial charge in [-0.2, -0.15) is 0 Å². The van der Waals surface area contributed by atoms with Crippen LogP contribution in [0.25, 0.3) is 11.6 Å². The van der Waals surface area contributed by atoms with Crippen LogP contribution in [0.5, 0.6) is 0 Å². The predicted octanol–water partition coefficient (Wildman–Crippen LogP) is 3.11. The standard InChI is InChI=1S/C17H12FNO3/c1-22-17(21)11-4-7-15-13(9-11)14(16(20)19-15)8-10-2-5-12(18)6-3-10/h2-9H,1H3,(H,19,20)/b14-8-. The van der Waals surface area contributed by atoms with Crippen molar-refractivity contribution in [3.63, 3.8) is 0 Å². The van der Waals surface area contributed by atoms with Crippen molar-refractivity contribution in [3.05, 3.63) is 65.0 Å². The second-order valence-corrected chi connectivity index (χ2v) is 4.82. The molecule has 0 aromatic heterocycles. The summed E-state index contributed by atoms with van der Waals surface area (Å²) in [6.45, 7) is 0. The summed E-state index contributed by atoms with van der Waals surface area (Å²) in [7, 11) is 1.30. The minimum Gasteiger partial charge on any atom is -0.465 e. The Hall–Kier alpha value is -2.95. The number of nitrogens with one attached hydrogen (secondary N) is 1. The van der Waals surface area contributed by atoms with Gasteiger partial charge >= 0.3 is 5.97 Å². The Balaban J connectivity index is 2.06. The first kappa shape index (κ1) is 14.0. The van der Waals surface area contributed by atoms with Crippen molar-refractivity contribution < 1.29 is 18.7 Å². The summed E-state index contributed by atoms with van der Waals surface area (Å²) < 4.78 is 17.6. The van der Waals surface area contributed by atoms with Gasteiger partial charge in [0, 0.05) is 16.8 Å². The van der Waals surface area contributed by atoms with Gasteiger partial charge in [-0.05, 0) is 42.0 Å². The average Bonchev–Trinajstić information content (AvgIpc) is 2.84. The Labute approximate surface area is 126 Å². The number of amides is 1. The minimum absolute atomic E-state index is 0.263. The van der Waals surface area contributed by atoms with E-state index in [9.17, 15) is 14.0 Å². The molecule has 1 amide bonds. The molecule has 0 aliphatic carbocycles. The summed E-state index contributed by atoms with van der Waals surface area (Å²) in [6.07, 6.45) is 1.65. The molecule has 1 heterocycles. The zero-order valence-electron chi connectivity index (χ0n) is 11.7. The van der Waals surface area contributed by atoms with Crippen molar-refractivity contribution in [1.29, 1.82) is 0 Å². The molecule has 0 saturated carbocycles. The lowest BCUT2D eigenvalue weighted by molar-refractivity contribution is -0.110. The summed E-state index contributed by atoms with van der Waals surface area (Å²) in [5, 5.41) is 2.73. The Morgan fingerprint density at radius 1 is 1.18 bits per heavy atom. The molecule has 3 rings (SSSR count). The first-order valence-electron chi connectivity index (χ1n) is 6.60. The third-order valence-corrected chi connectivity index (χ3v) is 3.40. The quantitative estimate of drug-likeness (QED) is 0.684. The average molecular weight is 297 g/mol. The van der Waals surface area contributed by atoms with Crippen LogP contribution < -0.4 is 5.32 Å². The van der Waals surface area contributed by atoms with Gasteiger partial charge in [0.15, 0.2) is 0 Å². The molecule has 4 nitrogen and oxygen atoms in total. The maximum atomic E-state index is 12.9. The van der Waals surface area contributed by atoms with Crippen molar-refractivity contribution >= 4 is 29.2 Å². The number of hydrogen-bond donors (Lipinski definition) is 1. The number of ether oxygens (including phenoxy) is 1. The molecule has 0 unspecified atom stereocenters. The maximum absolute atomic E-state index is 12.9. The van der Waals surface area contributed by atoms with E-state index in [4.69, 9.17) is 0 Å². The van der Waals surface area contributed by atoms with Crippen LogP contribution in [0.3, 0.4) is 0 Å². The van der Waals surface area contributed by atoms with E-state index in [0.29, 0.717) is 28.0 Å². The van der Waals surface area contributed by atoms with E-state index in [0.717, 1.165) is 0 Å². The molecule has 1 aliphatic rings. The fourth-order valence-corrected chi connectivity index (χ4v) is 2.30. The second-order valence-electron chi connectivity index (χ2n) is 4.82. The predicted molar refractivity (Wildman–Crippen MR) is 80.7 cm³/mol. The molecule has 0 spiro atoms. The number of rotatable bonds is 2. The van der Waals surface area contributed by atoms with Crippen LogP contribution in [0.2, 0.25) is 0 Å². The maximum Gasteiger partial charge on any atom is 0.337 e. The molecule has 22 heavy (non-hydrogen) atoms. The third kappa shape index (κ3) is 2.48. The topological polar surface area (TPSA) is 55.4 Å². The molecular formula is C17H12FNO3. The fourth-order valence-electron chi connectivity index (χ4n) is 2.30. The second kappa shape index (κ2) is 5.44. The van der Waals surface area contributed by atoms with E-state index in [2.05, 4.69) is 10.1 Å². The van der Waals surface area contributed by atoms with Crippen molar-refractivity contribution in [1.82, 2.24) is 0 Å². The monoisotopic (exact) mass is 297 g/mol. The lowest BCUT2D eigenvalue weighted by Gasteiger charge is -2.03. The van der Waals surface area contributed by atoms with E-state index in [1.807, 2.05) is 0 Å².